The van der Waals surface area contributed by atoms with Gasteiger partial charge < -0.3 is 5.73 Å². The van der Waals surface area contributed by atoms with E-state index in [2.05, 4.69) is 0 Å². The predicted molar refractivity (Wildman–Crippen MR) is 71.9 cm³/mol. The van der Waals surface area contributed by atoms with Gasteiger partial charge in [-0.2, -0.15) is 4.31 Å². The fraction of sp³-hybridized carbons (Fsp3) is 0.417. The Bertz CT molecular complexity index is 603. The van der Waals surface area contributed by atoms with Gasteiger partial charge in [0.2, 0.25) is 10.0 Å². The van der Waals surface area contributed by atoms with Crippen molar-refractivity contribution in [2.24, 2.45) is 5.73 Å². The number of nitrogens with zero attached hydrogens (tertiary/aromatic N) is 1. The van der Waals surface area contributed by atoms with Gasteiger partial charge in [0.05, 0.1) is 5.84 Å². The number of hydrogen-bond acceptors (Lipinski definition) is 3. The molecule has 0 unspecified atom stereocenters. The number of hydrogen-bond donors (Lipinski definition) is 2. The summed E-state index contributed by atoms with van der Waals surface area (Å²) in [7, 11) is -4.18. The SMILES string of the molecule is CC(C)N(CCC(=N)N)S(=O)(=O)c1cc(F)ccc1F. The molecule has 0 bridgehead atoms. The molecule has 5 nitrogen and oxygen atoms in total. The zero-order valence-electron chi connectivity index (χ0n) is 11.2. The van der Waals surface area contributed by atoms with Crippen LogP contribution in [0.15, 0.2) is 23.1 Å². The smallest absolute Gasteiger partial charge is 0.246 e. The van der Waals surface area contributed by atoms with E-state index in [1.807, 2.05) is 0 Å². The minimum Gasteiger partial charge on any atom is -0.388 e. The van der Waals surface area contributed by atoms with Gasteiger partial charge >= 0.3 is 0 Å². The molecule has 112 valence electrons. The van der Waals surface area contributed by atoms with Gasteiger partial charge in [-0.1, -0.05) is 0 Å². The van der Waals surface area contributed by atoms with E-state index >= 15 is 0 Å². The highest BCUT2D eigenvalue weighted by molar-refractivity contribution is 7.89. The van der Waals surface area contributed by atoms with Crippen LogP contribution in [0.25, 0.3) is 0 Å². The van der Waals surface area contributed by atoms with E-state index in [-0.39, 0.29) is 18.8 Å². The lowest BCUT2D eigenvalue weighted by atomic mass is 10.3. The average molecular weight is 305 g/mol. The topological polar surface area (TPSA) is 87.2 Å². The summed E-state index contributed by atoms with van der Waals surface area (Å²) in [5.41, 5.74) is 5.20. The highest BCUT2D eigenvalue weighted by Gasteiger charge is 2.29. The molecule has 0 radical (unpaired) electrons. The Morgan fingerprint density at radius 1 is 1.40 bits per heavy atom. The second-order valence-corrected chi connectivity index (χ2v) is 6.42. The fourth-order valence-electron chi connectivity index (χ4n) is 1.69. The first kappa shape index (κ1) is 16.5. The molecule has 20 heavy (non-hydrogen) atoms. The quantitative estimate of drug-likeness (QED) is 0.619. The minimum atomic E-state index is -4.18. The lowest BCUT2D eigenvalue weighted by molar-refractivity contribution is 0.359. The first-order chi connectivity index (χ1) is 9.16. The van der Waals surface area contributed by atoms with Crippen molar-refractivity contribution in [2.75, 3.05) is 6.54 Å². The maximum Gasteiger partial charge on any atom is 0.246 e. The summed E-state index contributed by atoms with van der Waals surface area (Å²) in [5, 5.41) is 7.14. The Balaban J connectivity index is 3.22. The molecular weight excluding hydrogens is 288 g/mol. The molecule has 0 saturated carbocycles. The fourth-order valence-corrected chi connectivity index (χ4v) is 3.40. The first-order valence-electron chi connectivity index (χ1n) is 5.96. The van der Waals surface area contributed by atoms with Gasteiger partial charge in [0.15, 0.2) is 0 Å². The first-order valence-corrected chi connectivity index (χ1v) is 7.40. The Labute approximate surface area is 116 Å². The molecule has 0 spiro atoms. The molecule has 0 aromatic heterocycles. The second kappa shape index (κ2) is 6.27. The number of nitrogens with one attached hydrogen (secondary N) is 1. The zero-order chi connectivity index (χ0) is 15.5. The molecule has 0 aliphatic heterocycles. The number of nitrogens with two attached hydrogens (primary N) is 1. The van der Waals surface area contributed by atoms with Gasteiger partial charge in [0, 0.05) is 19.0 Å². The van der Waals surface area contributed by atoms with E-state index in [0.29, 0.717) is 6.07 Å². The van der Waals surface area contributed by atoms with Gasteiger partial charge in [-0.3, -0.25) is 5.41 Å². The van der Waals surface area contributed by atoms with Crippen LogP contribution in [0.4, 0.5) is 8.78 Å². The van der Waals surface area contributed by atoms with Crippen LogP contribution in [0, 0.1) is 17.0 Å². The largest absolute Gasteiger partial charge is 0.388 e. The van der Waals surface area contributed by atoms with Crippen molar-refractivity contribution < 1.29 is 17.2 Å². The summed E-state index contributed by atoms with van der Waals surface area (Å²) in [6.45, 7) is 3.15. The molecule has 0 aliphatic carbocycles. The number of halogens is 2. The van der Waals surface area contributed by atoms with Crippen LogP contribution >= 0.6 is 0 Å². The van der Waals surface area contributed by atoms with Crippen LogP contribution in [0.1, 0.15) is 20.3 Å². The van der Waals surface area contributed by atoms with Crippen molar-refractivity contribution in [2.45, 2.75) is 31.2 Å². The summed E-state index contributed by atoms with van der Waals surface area (Å²) in [5.74, 6) is -2.02. The molecule has 0 amide bonds. The summed E-state index contributed by atoms with van der Waals surface area (Å²) < 4.78 is 52.5. The van der Waals surface area contributed by atoms with Crippen LogP contribution in [0.2, 0.25) is 0 Å². The van der Waals surface area contributed by atoms with E-state index in [1.165, 1.54) is 0 Å². The maximum atomic E-state index is 13.6. The van der Waals surface area contributed by atoms with Crippen LogP contribution in [0.5, 0.6) is 0 Å². The van der Waals surface area contributed by atoms with Crippen LogP contribution < -0.4 is 5.73 Å². The number of rotatable bonds is 6. The van der Waals surface area contributed by atoms with Gasteiger partial charge in [-0.25, -0.2) is 17.2 Å². The average Bonchev–Trinajstić information content (AvgIpc) is 2.31. The molecule has 0 saturated heterocycles. The molecule has 1 aromatic carbocycles. The molecule has 3 N–H and O–H groups in total. The van der Waals surface area contributed by atoms with E-state index in [1.54, 1.807) is 13.8 Å². The number of amidine groups is 1. The number of sulfonamides is 1. The van der Waals surface area contributed by atoms with Crippen LogP contribution in [-0.2, 0) is 10.0 Å². The summed E-state index contributed by atoms with van der Waals surface area (Å²) in [6, 6.07) is 1.80. The monoisotopic (exact) mass is 305 g/mol. The van der Waals surface area contributed by atoms with Gasteiger partial charge in [0.1, 0.15) is 16.5 Å². The normalized spacial score (nSPS) is 12.1. The second-order valence-electron chi connectivity index (χ2n) is 4.56. The molecule has 0 fully saturated rings. The van der Waals surface area contributed by atoms with E-state index in [4.69, 9.17) is 11.1 Å². The molecular formula is C12H17F2N3O2S. The molecule has 8 heteroatoms. The van der Waals surface area contributed by atoms with Crippen molar-refractivity contribution in [3.05, 3.63) is 29.8 Å². The van der Waals surface area contributed by atoms with Gasteiger partial charge in [0.25, 0.3) is 0 Å². The molecule has 1 aromatic rings. The van der Waals surface area contributed by atoms with Crippen molar-refractivity contribution in [3.8, 4) is 0 Å². The summed E-state index contributed by atoms with van der Waals surface area (Å²) in [6.07, 6.45) is 0.0222. The van der Waals surface area contributed by atoms with Crippen molar-refractivity contribution in [1.82, 2.24) is 4.31 Å². The third-order valence-electron chi connectivity index (χ3n) is 2.66. The zero-order valence-corrected chi connectivity index (χ0v) is 12.0. The molecule has 0 aliphatic rings. The summed E-state index contributed by atoms with van der Waals surface area (Å²) >= 11 is 0. The lowest BCUT2D eigenvalue weighted by Gasteiger charge is -2.25. The molecule has 0 atom stereocenters. The Morgan fingerprint density at radius 2 is 2.00 bits per heavy atom. The van der Waals surface area contributed by atoms with Crippen LogP contribution in [0.3, 0.4) is 0 Å². The maximum absolute atomic E-state index is 13.6. The minimum absolute atomic E-state index is 0.0222. The molecule has 1 rings (SSSR count). The van der Waals surface area contributed by atoms with E-state index in [9.17, 15) is 17.2 Å². The Hall–Kier alpha value is -1.54. The number of benzene rings is 1. The third kappa shape index (κ3) is 3.73. The van der Waals surface area contributed by atoms with Gasteiger partial charge in [-0.15, -0.1) is 0 Å². The van der Waals surface area contributed by atoms with Gasteiger partial charge in [-0.05, 0) is 32.0 Å². The lowest BCUT2D eigenvalue weighted by Crippen LogP contribution is -2.39. The van der Waals surface area contributed by atoms with Crippen molar-refractivity contribution in [3.63, 3.8) is 0 Å². The summed E-state index contributed by atoms with van der Waals surface area (Å²) in [4.78, 5) is -0.713. The third-order valence-corrected chi connectivity index (χ3v) is 4.75. The highest BCUT2D eigenvalue weighted by atomic mass is 32.2. The van der Waals surface area contributed by atoms with E-state index < -0.39 is 32.6 Å². The van der Waals surface area contributed by atoms with Crippen LogP contribution in [-0.4, -0.2) is 31.1 Å². The highest BCUT2D eigenvalue weighted by Crippen LogP contribution is 2.22. The van der Waals surface area contributed by atoms with Crippen molar-refractivity contribution >= 4 is 15.9 Å². The Morgan fingerprint density at radius 3 is 2.50 bits per heavy atom. The predicted octanol–water partition coefficient (Wildman–Crippen LogP) is 1.69. The standard InChI is InChI=1S/C12H17F2N3O2S/c1-8(2)17(6-5-12(15)16)20(18,19)11-7-9(13)3-4-10(11)14/h3-4,7-8H,5-6H2,1-2H3,(H3,15,16). The van der Waals surface area contributed by atoms with Crippen molar-refractivity contribution in [1.29, 1.82) is 5.41 Å². The Kier molecular flexibility index (Phi) is 5.18. The molecule has 0 heterocycles. The van der Waals surface area contributed by atoms with E-state index in [0.717, 1.165) is 16.4 Å².